The molecule has 0 atom stereocenters. The Hall–Kier alpha value is -2.37. The molecule has 6 nitrogen and oxygen atoms in total. The highest BCUT2D eigenvalue weighted by molar-refractivity contribution is 5.79. The normalized spacial score (nSPS) is 14.5. The number of carbonyl (C=O) groups is 3. The van der Waals surface area contributed by atoms with E-state index in [1.807, 2.05) is 34.9 Å². The van der Waals surface area contributed by atoms with Crippen molar-refractivity contribution in [3.63, 3.8) is 0 Å². The molecule has 6 heteroatoms. The maximum Gasteiger partial charge on any atom is 0.309 e. The topological polar surface area (TPSA) is 66.9 Å². The second-order valence-corrected chi connectivity index (χ2v) is 7.52. The molecule has 1 aliphatic rings. The van der Waals surface area contributed by atoms with Crippen LogP contribution in [-0.2, 0) is 25.5 Å². The van der Waals surface area contributed by atoms with Crippen molar-refractivity contribution in [2.24, 2.45) is 5.92 Å². The van der Waals surface area contributed by atoms with Crippen LogP contribution in [0.3, 0.4) is 0 Å². The molecule has 0 spiro atoms. The monoisotopic (exact) mass is 402 g/mol. The summed E-state index contributed by atoms with van der Waals surface area (Å²) in [4.78, 5) is 40.6. The third-order valence-electron chi connectivity index (χ3n) is 5.39. The molecule has 0 bridgehead atoms. The summed E-state index contributed by atoms with van der Waals surface area (Å²) in [6, 6.07) is 10.1. The third-order valence-corrected chi connectivity index (χ3v) is 5.39. The van der Waals surface area contributed by atoms with Crippen LogP contribution in [0, 0.1) is 5.92 Å². The fourth-order valence-electron chi connectivity index (χ4n) is 3.66. The number of nitrogens with zero attached hydrogens (tertiary/aromatic N) is 2. The maximum atomic E-state index is 12.6. The zero-order valence-corrected chi connectivity index (χ0v) is 17.8. The number of esters is 1. The molecule has 0 unspecified atom stereocenters. The number of likely N-dealkylation sites (tertiary alicyclic amines) is 1. The molecule has 0 aliphatic carbocycles. The van der Waals surface area contributed by atoms with E-state index in [1.165, 1.54) is 5.56 Å². The molecule has 0 N–H and O–H groups in total. The summed E-state index contributed by atoms with van der Waals surface area (Å²) in [5.74, 6) is -0.0945. The first-order valence-electron chi connectivity index (χ1n) is 10.8. The van der Waals surface area contributed by atoms with Gasteiger partial charge in [-0.25, -0.2) is 0 Å². The van der Waals surface area contributed by atoms with Gasteiger partial charge in [0.15, 0.2) is 0 Å². The van der Waals surface area contributed by atoms with Crippen molar-refractivity contribution >= 4 is 17.8 Å². The van der Waals surface area contributed by atoms with Crippen LogP contribution in [0.4, 0.5) is 0 Å². The van der Waals surface area contributed by atoms with Crippen molar-refractivity contribution in [1.82, 2.24) is 9.80 Å². The molecular weight excluding hydrogens is 368 g/mol. The van der Waals surface area contributed by atoms with Crippen LogP contribution < -0.4 is 0 Å². The number of hydrogen-bond acceptors (Lipinski definition) is 4. The lowest BCUT2D eigenvalue weighted by Gasteiger charge is -2.31. The minimum absolute atomic E-state index is 0.0568. The van der Waals surface area contributed by atoms with Gasteiger partial charge in [-0.2, -0.15) is 0 Å². The lowest BCUT2D eigenvalue weighted by atomic mass is 9.97. The molecule has 1 saturated heterocycles. The smallest absolute Gasteiger partial charge is 0.309 e. The van der Waals surface area contributed by atoms with Crippen molar-refractivity contribution in [3.8, 4) is 0 Å². The highest BCUT2D eigenvalue weighted by atomic mass is 16.5. The zero-order valence-electron chi connectivity index (χ0n) is 17.8. The largest absolute Gasteiger partial charge is 0.466 e. The van der Waals surface area contributed by atoms with E-state index in [0.717, 1.165) is 12.8 Å². The summed E-state index contributed by atoms with van der Waals surface area (Å²) in [6.07, 6.45) is 3.72. The van der Waals surface area contributed by atoms with E-state index in [0.29, 0.717) is 58.5 Å². The third kappa shape index (κ3) is 7.52. The van der Waals surface area contributed by atoms with Crippen LogP contribution in [0.1, 0.15) is 51.5 Å². The Morgan fingerprint density at radius 2 is 1.72 bits per heavy atom. The highest BCUT2D eigenvalue weighted by Crippen LogP contribution is 2.19. The Balaban J connectivity index is 1.82. The van der Waals surface area contributed by atoms with Crippen molar-refractivity contribution in [1.29, 1.82) is 0 Å². The SMILES string of the molecule is CCCC(=O)N(CCC(=O)N1CCC(C(=O)OCC)CC1)CCc1ccccc1. The van der Waals surface area contributed by atoms with E-state index >= 15 is 0 Å². The van der Waals surface area contributed by atoms with Crippen LogP contribution in [0.25, 0.3) is 0 Å². The number of carbonyl (C=O) groups excluding carboxylic acids is 3. The molecule has 2 amide bonds. The standard InChI is InChI=1S/C23H34N2O4/c1-3-8-21(26)24(15-11-19-9-6-5-7-10-19)18-14-22(27)25-16-12-20(13-17-25)23(28)29-4-2/h5-7,9-10,20H,3-4,8,11-18H2,1-2H3. The summed E-state index contributed by atoms with van der Waals surface area (Å²) < 4.78 is 5.08. The van der Waals surface area contributed by atoms with Gasteiger partial charge in [0.2, 0.25) is 11.8 Å². The molecule has 0 aromatic heterocycles. The van der Waals surface area contributed by atoms with E-state index in [-0.39, 0.29) is 23.7 Å². The first kappa shape index (κ1) is 22.9. The Labute approximate surface area is 174 Å². The Bertz CT molecular complexity index is 654. The number of rotatable bonds is 10. The molecular formula is C23H34N2O4. The number of ether oxygens (including phenoxy) is 1. The van der Waals surface area contributed by atoms with E-state index in [2.05, 4.69) is 12.1 Å². The van der Waals surface area contributed by atoms with Gasteiger partial charge in [0.25, 0.3) is 0 Å². The second-order valence-electron chi connectivity index (χ2n) is 7.52. The summed E-state index contributed by atoms with van der Waals surface area (Å²) in [5.41, 5.74) is 1.19. The summed E-state index contributed by atoms with van der Waals surface area (Å²) in [5, 5.41) is 0. The van der Waals surface area contributed by atoms with E-state index in [1.54, 1.807) is 6.92 Å². The molecule has 1 heterocycles. The lowest BCUT2D eigenvalue weighted by Crippen LogP contribution is -2.42. The van der Waals surface area contributed by atoms with E-state index < -0.39 is 0 Å². The minimum atomic E-state index is -0.156. The van der Waals surface area contributed by atoms with Gasteiger partial charge in [0.05, 0.1) is 12.5 Å². The van der Waals surface area contributed by atoms with Gasteiger partial charge in [-0.15, -0.1) is 0 Å². The van der Waals surface area contributed by atoms with Gasteiger partial charge in [0.1, 0.15) is 0 Å². The fraction of sp³-hybridized carbons (Fsp3) is 0.609. The average molecular weight is 403 g/mol. The van der Waals surface area contributed by atoms with Crippen LogP contribution in [-0.4, -0.2) is 60.4 Å². The second kappa shape index (κ2) is 12.2. The Morgan fingerprint density at radius 3 is 2.34 bits per heavy atom. The number of benzene rings is 1. The molecule has 1 fully saturated rings. The first-order chi connectivity index (χ1) is 14.0. The summed E-state index contributed by atoms with van der Waals surface area (Å²) >= 11 is 0. The van der Waals surface area contributed by atoms with Crippen molar-refractivity contribution in [2.75, 3.05) is 32.8 Å². The molecule has 1 aromatic carbocycles. The Kier molecular flexibility index (Phi) is 9.68. The van der Waals surface area contributed by atoms with E-state index in [9.17, 15) is 14.4 Å². The van der Waals surface area contributed by atoms with Gasteiger partial charge in [-0.3, -0.25) is 14.4 Å². The summed E-state index contributed by atoms with van der Waals surface area (Å²) in [7, 11) is 0. The van der Waals surface area contributed by atoms with Crippen LogP contribution >= 0.6 is 0 Å². The molecule has 29 heavy (non-hydrogen) atoms. The van der Waals surface area contributed by atoms with Gasteiger partial charge < -0.3 is 14.5 Å². The maximum absolute atomic E-state index is 12.6. The van der Waals surface area contributed by atoms with Crippen LogP contribution in [0.15, 0.2) is 30.3 Å². The molecule has 1 aromatic rings. The molecule has 1 aliphatic heterocycles. The molecule has 0 saturated carbocycles. The molecule has 2 rings (SSSR count). The predicted molar refractivity (Wildman–Crippen MR) is 112 cm³/mol. The number of amides is 2. The zero-order chi connectivity index (χ0) is 21.1. The van der Waals surface area contributed by atoms with Crippen LogP contribution in [0.2, 0.25) is 0 Å². The van der Waals surface area contributed by atoms with Crippen molar-refractivity contribution in [2.45, 2.75) is 52.4 Å². The fourth-order valence-corrected chi connectivity index (χ4v) is 3.66. The molecule has 160 valence electrons. The minimum Gasteiger partial charge on any atom is -0.466 e. The lowest BCUT2D eigenvalue weighted by molar-refractivity contribution is -0.151. The van der Waals surface area contributed by atoms with Crippen LogP contribution in [0.5, 0.6) is 0 Å². The van der Waals surface area contributed by atoms with Crippen molar-refractivity contribution < 1.29 is 19.1 Å². The number of hydrogen-bond donors (Lipinski definition) is 0. The van der Waals surface area contributed by atoms with E-state index in [4.69, 9.17) is 4.74 Å². The average Bonchev–Trinajstić information content (AvgIpc) is 2.74. The predicted octanol–water partition coefficient (Wildman–Crippen LogP) is 3.05. The molecule has 0 radical (unpaired) electrons. The first-order valence-corrected chi connectivity index (χ1v) is 10.8. The quantitative estimate of drug-likeness (QED) is 0.564. The Morgan fingerprint density at radius 1 is 1.03 bits per heavy atom. The van der Waals surface area contributed by atoms with Gasteiger partial charge >= 0.3 is 5.97 Å². The number of piperidine rings is 1. The van der Waals surface area contributed by atoms with Crippen molar-refractivity contribution in [3.05, 3.63) is 35.9 Å². The van der Waals surface area contributed by atoms with Gasteiger partial charge in [-0.1, -0.05) is 37.3 Å². The highest BCUT2D eigenvalue weighted by Gasteiger charge is 2.28. The van der Waals surface area contributed by atoms with Gasteiger partial charge in [-0.05, 0) is 38.2 Å². The summed E-state index contributed by atoms with van der Waals surface area (Å²) in [6.45, 7) is 6.42. The van der Waals surface area contributed by atoms with Gasteiger partial charge in [0, 0.05) is 39.0 Å².